The van der Waals surface area contributed by atoms with Crippen LogP contribution >= 0.6 is 0 Å². The van der Waals surface area contributed by atoms with Crippen LogP contribution in [-0.2, 0) is 6.42 Å². The van der Waals surface area contributed by atoms with Gasteiger partial charge in [0.25, 0.3) is 5.91 Å². The molecule has 1 atom stereocenters. The Morgan fingerprint density at radius 2 is 1.94 bits per heavy atom. The van der Waals surface area contributed by atoms with E-state index >= 15 is 0 Å². The zero-order chi connectivity index (χ0) is 23.2. The van der Waals surface area contributed by atoms with Gasteiger partial charge in [0.05, 0.1) is 30.3 Å². The second-order valence-electron chi connectivity index (χ2n) is 7.71. The Bertz CT molecular complexity index is 1260. The molecule has 0 aliphatic carbocycles. The average Bonchev–Trinajstić information content (AvgIpc) is 2.85. The number of phenols is 1. The second-order valence-corrected chi connectivity index (χ2v) is 7.71. The summed E-state index contributed by atoms with van der Waals surface area (Å²) in [5, 5.41) is 12.8. The fraction of sp³-hybridized carbons (Fsp3) is 0.154. The third kappa shape index (κ3) is 5.33. The van der Waals surface area contributed by atoms with Gasteiger partial charge >= 0.3 is 0 Å². The first-order chi connectivity index (χ1) is 16.0. The fourth-order valence-corrected chi connectivity index (χ4v) is 3.54. The largest absolute Gasteiger partial charge is 0.504 e. The van der Waals surface area contributed by atoms with Crippen LogP contribution in [0.1, 0.15) is 34.5 Å². The molecule has 0 radical (unpaired) electrons. The summed E-state index contributed by atoms with van der Waals surface area (Å²) in [4.78, 5) is 25.5. The number of ether oxygens (including phenoxy) is 1. The van der Waals surface area contributed by atoms with Crippen LogP contribution in [0.4, 0.5) is 5.69 Å². The lowest BCUT2D eigenvalue weighted by atomic mass is 9.96. The van der Waals surface area contributed by atoms with Crippen LogP contribution in [-0.4, -0.2) is 33.1 Å². The van der Waals surface area contributed by atoms with Gasteiger partial charge in [0, 0.05) is 29.8 Å². The van der Waals surface area contributed by atoms with Gasteiger partial charge in [0.2, 0.25) is 0 Å². The fourth-order valence-electron chi connectivity index (χ4n) is 3.54. The number of amides is 1. The van der Waals surface area contributed by atoms with Crippen LogP contribution in [0.15, 0.2) is 79.4 Å². The molecule has 0 bridgehead atoms. The van der Waals surface area contributed by atoms with E-state index in [9.17, 15) is 9.90 Å². The zero-order valence-corrected chi connectivity index (χ0v) is 18.4. The van der Waals surface area contributed by atoms with Crippen LogP contribution in [0, 0.1) is 0 Å². The lowest BCUT2D eigenvalue weighted by Crippen LogP contribution is -2.12. The molecule has 0 saturated heterocycles. The van der Waals surface area contributed by atoms with Gasteiger partial charge in [0.1, 0.15) is 0 Å². The number of hydrogen-bond acceptors (Lipinski definition) is 6. The van der Waals surface area contributed by atoms with E-state index in [0.29, 0.717) is 23.4 Å². The highest BCUT2D eigenvalue weighted by atomic mass is 16.5. The van der Waals surface area contributed by atoms with E-state index in [0.717, 1.165) is 22.5 Å². The minimum atomic E-state index is -0.198. The summed E-state index contributed by atoms with van der Waals surface area (Å²) in [5.41, 5.74) is 4.68. The van der Waals surface area contributed by atoms with Crippen molar-refractivity contribution in [2.75, 3.05) is 12.4 Å². The number of carbonyl (C=O) groups is 1. The molecule has 0 fully saturated rings. The van der Waals surface area contributed by atoms with E-state index in [1.165, 1.54) is 13.3 Å². The normalized spacial score (nSPS) is 11.6. The number of methoxy groups -OCH3 is 1. The lowest BCUT2D eigenvalue weighted by Gasteiger charge is -2.14. The molecule has 0 aliphatic rings. The van der Waals surface area contributed by atoms with Gasteiger partial charge in [-0.15, -0.1) is 0 Å². The number of aromatic hydroxyl groups is 1. The smallest absolute Gasteiger partial charge is 0.257 e. The molecule has 2 heterocycles. The van der Waals surface area contributed by atoms with Gasteiger partial charge in [-0.1, -0.05) is 19.1 Å². The highest BCUT2D eigenvalue weighted by Gasteiger charge is 2.12. The molecule has 1 unspecified atom stereocenters. The molecule has 2 aromatic heterocycles. The molecule has 1 amide bonds. The molecule has 4 rings (SSSR count). The van der Waals surface area contributed by atoms with Crippen LogP contribution in [0.5, 0.6) is 11.5 Å². The van der Waals surface area contributed by atoms with Crippen molar-refractivity contribution in [2.24, 2.45) is 0 Å². The maximum Gasteiger partial charge on any atom is 0.257 e. The molecule has 0 saturated carbocycles. The Kier molecular flexibility index (Phi) is 6.59. The van der Waals surface area contributed by atoms with E-state index < -0.39 is 0 Å². The summed E-state index contributed by atoms with van der Waals surface area (Å²) in [6.07, 6.45) is 7.29. The van der Waals surface area contributed by atoms with Crippen molar-refractivity contribution in [3.8, 4) is 22.8 Å². The van der Waals surface area contributed by atoms with Crippen LogP contribution in [0.3, 0.4) is 0 Å². The third-order valence-electron chi connectivity index (χ3n) is 5.31. The zero-order valence-electron chi connectivity index (χ0n) is 18.4. The topological polar surface area (TPSA) is 97.2 Å². The quantitative estimate of drug-likeness (QED) is 0.426. The Hall–Kier alpha value is -4.26. The highest BCUT2D eigenvalue weighted by molar-refractivity contribution is 6.04. The van der Waals surface area contributed by atoms with E-state index in [-0.39, 0.29) is 17.6 Å². The monoisotopic (exact) mass is 440 g/mol. The van der Waals surface area contributed by atoms with Gasteiger partial charge in [-0.2, -0.15) is 0 Å². The van der Waals surface area contributed by atoms with Gasteiger partial charge in [-0.3, -0.25) is 14.8 Å². The molecule has 7 nitrogen and oxygen atoms in total. The average molecular weight is 441 g/mol. The van der Waals surface area contributed by atoms with Gasteiger partial charge in [-0.05, 0) is 60.4 Å². The summed E-state index contributed by atoms with van der Waals surface area (Å²) in [6.45, 7) is 2.11. The van der Waals surface area contributed by atoms with E-state index in [2.05, 4.69) is 22.2 Å². The second kappa shape index (κ2) is 9.91. The SMILES string of the molecule is COc1cc(-c2cncc(CC(C)c3cccc(NC(=O)c4cccnc4)c3)n2)ccc1O. The number of pyridine rings is 1. The molecule has 4 aromatic rings. The Balaban J connectivity index is 1.49. The Labute approximate surface area is 192 Å². The molecule has 7 heteroatoms. The minimum absolute atomic E-state index is 0.0782. The van der Waals surface area contributed by atoms with Crippen LogP contribution in [0.25, 0.3) is 11.3 Å². The van der Waals surface area contributed by atoms with Crippen molar-refractivity contribution < 1.29 is 14.6 Å². The lowest BCUT2D eigenvalue weighted by molar-refractivity contribution is 0.102. The first-order valence-corrected chi connectivity index (χ1v) is 10.5. The molecule has 0 aliphatic heterocycles. The number of phenolic OH excluding ortho intramolecular Hbond substituents is 1. The Morgan fingerprint density at radius 1 is 1.06 bits per heavy atom. The number of carbonyl (C=O) groups excluding carboxylic acids is 1. The van der Waals surface area contributed by atoms with Crippen molar-refractivity contribution in [1.29, 1.82) is 0 Å². The number of benzene rings is 2. The predicted molar refractivity (Wildman–Crippen MR) is 126 cm³/mol. The summed E-state index contributed by atoms with van der Waals surface area (Å²) in [7, 11) is 1.51. The van der Waals surface area contributed by atoms with Crippen molar-refractivity contribution in [2.45, 2.75) is 19.3 Å². The van der Waals surface area contributed by atoms with Crippen molar-refractivity contribution in [3.05, 3.63) is 96.2 Å². The molecular weight excluding hydrogens is 416 g/mol. The highest BCUT2D eigenvalue weighted by Crippen LogP contribution is 2.31. The molecule has 33 heavy (non-hydrogen) atoms. The van der Waals surface area contributed by atoms with Crippen LogP contribution in [0.2, 0.25) is 0 Å². The molecule has 166 valence electrons. The maximum atomic E-state index is 12.4. The Morgan fingerprint density at radius 3 is 2.73 bits per heavy atom. The minimum Gasteiger partial charge on any atom is -0.504 e. The van der Waals surface area contributed by atoms with Crippen molar-refractivity contribution in [1.82, 2.24) is 15.0 Å². The van der Waals surface area contributed by atoms with Gasteiger partial charge in [-0.25, -0.2) is 4.98 Å². The molecule has 2 N–H and O–H groups in total. The number of anilines is 1. The molecule has 2 aromatic carbocycles. The summed E-state index contributed by atoms with van der Waals surface area (Å²) >= 11 is 0. The number of aromatic nitrogens is 3. The van der Waals surface area contributed by atoms with E-state index in [4.69, 9.17) is 9.72 Å². The first-order valence-electron chi connectivity index (χ1n) is 10.5. The number of nitrogens with zero attached hydrogens (tertiary/aromatic N) is 3. The standard InChI is InChI=1S/C26H24N4O3/c1-17(18-5-3-7-21(12-18)30-26(32)20-6-4-10-27-14-20)11-22-15-28-16-23(29-22)19-8-9-24(31)25(13-19)33-2/h3-10,12-17,31H,11H2,1-2H3,(H,30,32). The summed E-state index contributed by atoms with van der Waals surface area (Å²) < 4.78 is 5.20. The predicted octanol–water partition coefficient (Wildman–Crippen LogP) is 4.85. The van der Waals surface area contributed by atoms with Crippen LogP contribution < -0.4 is 10.1 Å². The van der Waals surface area contributed by atoms with Crippen molar-refractivity contribution in [3.63, 3.8) is 0 Å². The number of hydrogen-bond donors (Lipinski definition) is 2. The number of nitrogens with one attached hydrogen (secondary N) is 1. The third-order valence-corrected chi connectivity index (χ3v) is 5.31. The first kappa shape index (κ1) is 22.0. The summed E-state index contributed by atoms with van der Waals surface area (Å²) in [5.74, 6) is 0.419. The maximum absolute atomic E-state index is 12.4. The van der Waals surface area contributed by atoms with Crippen molar-refractivity contribution >= 4 is 11.6 Å². The van der Waals surface area contributed by atoms with Gasteiger partial charge < -0.3 is 15.2 Å². The van der Waals surface area contributed by atoms with E-state index in [1.54, 1.807) is 48.9 Å². The van der Waals surface area contributed by atoms with Gasteiger partial charge in [0.15, 0.2) is 11.5 Å². The summed E-state index contributed by atoms with van der Waals surface area (Å²) in [6, 6.07) is 16.4. The molecular formula is C26H24N4O3. The van der Waals surface area contributed by atoms with E-state index in [1.807, 2.05) is 24.3 Å². The molecule has 0 spiro atoms. The number of rotatable bonds is 7.